The summed E-state index contributed by atoms with van der Waals surface area (Å²) in [5.74, 6) is 0. The van der Waals surface area contributed by atoms with Crippen LogP contribution in [0, 0.1) is 6.92 Å². The van der Waals surface area contributed by atoms with Crippen LogP contribution in [-0.4, -0.2) is 43.3 Å². The number of benzene rings is 1. The number of aromatic amines is 1. The molecule has 0 radical (unpaired) electrons. The fraction of sp³-hybridized carbons (Fsp3) is 0.375. The van der Waals surface area contributed by atoms with Crippen molar-refractivity contribution < 1.29 is 28.7 Å². The second-order valence-corrected chi connectivity index (χ2v) is 7.72. The average molecular weight is 413 g/mol. The van der Waals surface area contributed by atoms with Crippen LogP contribution < -0.4 is 17.0 Å². The number of aryl methyl sites for hydroxylation is 1. The minimum atomic E-state index is -4.90. The van der Waals surface area contributed by atoms with Crippen molar-refractivity contribution in [1.29, 1.82) is 0 Å². The summed E-state index contributed by atoms with van der Waals surface area (Å²) in [4.78, 5) is 44.9. The zero-order chi connectivity index (χ0) is 20.7. The second kappa shape index (κ2) is 7.28. The maximum absolute atomic E-state index is 12.6. The van der Waals surface area contributed by atoms with Gasteiger partial charge in [0.25, 0.3) is 5.56 Å². The van der Waals surface area contributed by atoms with Crippen LogP contribution in [0.2, 0.25) is 0 Å². The smallest absolute Gasteiger partial charge is 0.399 e. The quantitative estimate of drug-likeness (QED) is 0.316. The van der Waals surface area contributed by atoms with Gasteiger partial charge in [-0.05, 0) is 19.1 Å². The minimum Gasteiger partial charge on any atom is -0.399 e. The topological polar surface area (TPSA) is 177 Å². The lowest BCUT2D eigenvalue weighted by molar-refractivity contribution is -0.0933. The van der Waals surface area contributed by atoms with Crippen molar-refractivity contribution in [3.8, 4) is 0 Å². The molecule has 3 atom stereocenters. The van der Waals surface area contributed by atoms with Crippen LogP contribution in [-0.2, 0) is 19.6 Å². The molecule has 0 bridgehead atoms. The van der Waals surface area contributed by atoms with Gasteiger partial charge in [0.2, 0.25) is 0 Å². The first-order chi connectivity index (χ1) is 13.1. The molecule has 0 saturated carbocycles. The molecule has 1 aromatic carbocycles. The van der Waals surface area contributed by atoms with Crippen molar-refractivity contribution in [1.82, 2.24) is 9.55 Å². The molecular weight excluding hydrogens is 393 g/mol. The van der Waals surface area contributed by atoms with Crippen molar-refractivity contribution in [3.63, 3.8) is 0 Å². The van der Waals surface area contributed by atoms with E-state index in [1.807, 2.05) is 0 Å². The number of phosphoric acid groups is 1. The van der Waals surface area contributed by atoms with Crippen LogP contribution in [0.5, 0.6) is 0 Å². The fourth-order valence-electron chi connectivity index (χ4n) is 3.27. The Labute approximate surface area is 158 Å². The van der Waals surface area contributed by atoms with Gasteiger partial charge in [-0.1, -0.05) is 12.1 Å². The van der Waals surface area contributed by atoms with Crippen molar-refractivity contribution >= 4 is 13.5 Å². The normalized spacial score (nSPS) is 25.1. The lowest BCUT2D eigenvalue weighted by atomic mass is 9.97. The molecule has 152 valence electrons. The van der Waals surface area contributed by atoms with Gasteiger partial charge < -0.3 is 25.4 Å². The summed E-state index contributed by atoms with van der Waals surface area (Å²) in [6.45, 7) is 0.881. The van der Waals surface area contributed by atoms with Crippen molar-refractivity contribution in [3.05, 3.63) is 62.4 Å². The number of rotatable bonds is 5. The summed E-state index contributed by atoms with van der Waals surface area (Å²) in [6, 6.07) is 6.29. The molecule has 1 fully saturated rings. The zero-order valence-electron chi connectivity index (χ0n) is 14.8. The van der Waals surface area contributed by atoms with Gasteiger partial charge in [0, 0.05) is 29.4 Å². The lowest BCUT2D eigenvalue weighted by Gasteiger charge is -2.32. The van der Waals surface area contributed by atoms with Crippen LogP contribution in [0.15, 0.2) is 40.1 Å². The molecule has 0 amide bonds. The van der Waals surface area contributed by atoms with Crippen LogP contribution >= 0.6 is 7.82 Å². The summed E-state index contributed by atoms with van der Waals surface area (Å²) in [5, 5.41) is 9.65. The first-order valence-electron chi connectivity index (χ1n) is 8.27. The minimum absolute atomic E-state index is 0.210. The molecule has 0 aliphatic carbocycles. The standard InChI is InChI=1S/C16H20N3O8P/c1-9-7-19(15(22)18-14(9)21)16(10-2-4-11(17)5-3-10)6-12(13(8-20)26-16)27-28(23,24)25/h2-5,7,12-13,20H,6,8,17H2,1H3,(H,18,21,22)(H2,23,24,25)/t12-,13+,16-/m0/s1. The molecule has 1 aliphatic rings. The fourth-order valence-corrected chi connectivity index (χ4v) is 3.84. The number of ether oxygens (including phenoxy) is 1. The summed E-state index contributed by atoms with van der Waals surface area (Å²) in [5.41, 5.74) is 3.85. The summed E-state index contributed by atoms with van der Waals surface area (Å²) < 4.78 is 23.2. The Hall–Kier alpha value is -2.27. The Morgan fingerprint density at radius 1 is 1.36 bits per heavy atom. The molecule has 12 heteroatoms. The van der Waals surface area contributed by atoms with E-state index < -0.39 is 43.6 Å². The molecule has 0 spiro atoms. The third-order valence-electron chi connectivity index (χ3n) is 4.56. The van der Waals surface area contributed by atoms with Crippen LogP contribution in [0.3, 0.4) is 0 Å². The Bertz CT molecular complexity index is 1030. The van der Waals surface area contributed by atoms with Gasteiger partial charge in [-0.2, -0.15) is 0 Å². The van der Waals surface area contributed by atoms with E-state index in [0.29, 0.717) is 11.3 Å². The molecule has 1 saturated heterocycles. The van der Waals surface area contributed by atoms with E-state index >= 15 is 0 Å². The Morgan fingerprint density at radius 2 is 2.00 bits per heavy atom. The number of H-pyrrole nitrogens is 1. The van der Waals surface area contributed by atoms with Gasteiger partial charge in [-0.25, -0.2) is 9.36 Å². The number of nitrogen functional groups attached to an aromatic ring is 1. The number of nitrogens with one attached hydrogen (secondary N) is 1. The number of aromatic nitrogens is 2. The molecule has 28 heavy (non-hydrogen) atoms. The maximum atomic E-state index is 12.6. The number of hydrogen-bond acceptors (Lipinski definition) is 7. The van der Waals surface area contributed by atoms with Gasteiger partial charge in [-0.3, -0.25) is 18.9 Å². The van der Waals surface area contributed by atoms with Crippen LogP contribution in [0.25, 0.3) is 0 Å². The average Bonchev–Trinajstić information content (AvgIpc) is 2.96. The number of nitrogens with two attached hydrogens (primary N) is 1. The Morgan fingerprint density at radius 3 is 2.57 bits per heavy atom. The number of nitrogens with zero attached hydrogens (tertiary/aromatic N) is 1. The third kappa shape index (κ3) is 3.81. The number of phosphoric ester groups is 1. The van der Waals surface area contributed by atoms with E-state index in [4.69, 9.17) is 15.0 Å². The molecule has 2 aromatic rings. The van der Waals surface area contributed by atoms with Gasteiger partial charge >= 0.3 is 13.5 Å². The third-order valence-corrected chi connectivity index (χ3v) is 5.11. The lowest BCUT2D eigenvalue weighted by Crippen LogP contribution is -2.45. The molecule has 1 aliphatic heterocycles. The van der Waals surface area contributed by atoms with Crippen LogP contribution in [0.4, 0.5) is 5.69 Å². The van der Waals surface area contributed by atoms with Crippen molar-refractivity contribution in [2.24, 2.45) is 0 Å². The number of anilines is 1. The van der Waals surface area contributed by atoms with Crippen molar-refractivity contribution in [2.45, 2.75) is 31.3 Å². The summed E-state index contributed by atoms with van der Waals surface area (Å²) >= 11 is 0. The second-order valence-electron chi connectivity index (χ2n) is 6.53. The van der Waals surface area contributed by atoms with E-state index in [0.717, 1.165) is 4.57 Å². The van der Waals surface area contributed by atoms with Crippen molar-refractivity contribution in [2.75, 3.05) is 12.3 Å². The molecule has 2 heterocycles. The zero-order valence-corrected chi connectivity index (χ0v) is 15.7. The summed E-state index contributed by atoms with van der Waals surface area (Å²) in [7, 11) is -4.90. The maximum Gasteiger partial charge on any atom is 0.469 e. The highest BCUT2D eigenvalue weighted by molar-refractivity contribution is 7.46. The van der Waals surface area contributed by atoms with Gasteiger partial charge in [-0.15, -0.1) is 0 Å². The van der Waals surface area contributed by atoms with E-state index in [1.165, 1.54) is 13.1 Å². The predicted octanol–water partition coefficient (Wildman–Crippen LogP) is -0.613. The van der Waals surface area contributed by atoms with Gasteiger partial charge in [0.05, 0.1) is 6.61 Å². The van der Waals surface area contributed by atoms with Crippen LogP contribution in [0.1, 0.15) is 17.5 Å². The molecule has 6 N–H and O–H groups in total. The van der Waals surface area contributed by atoms with Gasteiger partial charge in [0.15, 0.2) is 5.72 Å². The van der Waals surface area contributed by atoms with E-state index in [-0.39, 0.29) is 12.0 Å². The first kappa shape index (κ1) is 20.5. The number of hydrogen-bond donors (Lipinski definition) is 5. The highest BCUT2D eigenvalue weighted by Crippen LogP contribution is 2.47. The molecule has 11 nitrogen and oxygen atoms in total. The highest BCUT2D eigenvalue weighted by atomic mass is 31.2. The molecular formula is C16H20N3O8P. The number of aliphatic hydroxyl groups excluding tert-OH is 1. The van der Waals surface area contributed by atoms with E-state index in [9.17, 15) is 29.0 Å². The number of aliphatic hydroxyl groups is 1. The Kier molecular flexibility index (Phi) is 5.32. The predicted molar refractivity (Wildman–Crippen MR) is 97.5 cm³/mol. The molecule has 1 aromatic heterocycles. The Balaban J connectivity index is 2.21. The largest absolute Gasteiger partial charge is 0.469 e. The molecule has 3 rings (SSSR count). The van der Waals surface area contributed by atoms with E-state index in [2.05, 4.69) is 4.98 Å². The molecule has 0 unspecified atom stereocenters. The summed E-state index contributed by atoms with van der Waals surface area (Å²) in [6.07, 6.45) is -1.28. The van der Waals surface area contributed by atoms with E-state index in [1.54, 1.807) is 24.3 Å². The van der Waals surface area contributed by atoms with Gasteiger partial charge in [0.1, 0.15) is 12.2 Å². The highest BCUT2D eigenvalue weighted by Gasteiger charge is 2.52. The first-order valence-corrected chi connectivity index (χ1v) is 9.80. The SMILES string of the molecule is Cc1cn([C@@]2(c3ccc(N)cc3)C[C@H](OP(=O)(O)O)[C@@H](CO)O2)c(=O)[nH]c1=O. The monoisotopic (exact) mass is 413 g/mol.